The molecule has 2 amide bonds. The van der Waals surface area contributed by atoms with Crippen LogP contribution < -0.4 is 5.32 Å². The van der Waals surface area contributed by atoms with Gasteiger partial charge in [0.2, 0.25) is 10.0 Å². The van der Waals surface area contributed by atoms with Gasteiger partial charge < -0.3 is 15.0 Å². The second kappa shape index (κ2) is 8.60. The number of hydrogen-bond donors (Lipinski definition) is 1. The monoisotopic (exact) mass is 403 g/mol. The van der Waals surface area contributed by atoms with Gasteiger partial charge in [-0.2, -0.15) is 4.31 Å². The van der Waals surface area contributed by atoms with Gasteiger partial charge in [-0.1, -0.05) is 0 Å². The first kappa shape index (κ1) is 20.3. The van der Waals surface area contributed by atoms with E-state index in [1.54, 1.807) is 12.1 Å². The normalized spacial score (nSPS) is 15.5. The van der Waals surface area contributed by atoms with Crippen molar-refractivity contribution >= 4 is 39.1 Å². The highest BCUT2D eigenvalue weighted by Gasteiger charge is 2.26. The summed E-state index contributed by atoms with van der Waals surface area (Å²) in [4.78, 5) is 38.4. The van der Waals surface area contributed by atoms with Crippen LogP contribution in [-0.2, 0) is 24.3 Å². The molecule has 1 aliphatic rings. The topological polar surface area (TPSA) is 113 Å². The summed E-state index contributed by atoms with van der Waals surface area (Å²) in [6.45, 7) is 2.03. The third kappa shape index (κ3) is 5.78. The first-order valence-electron chi connectivity index (χ1n) is 7.90. The Hall–Kier alpha value is -1.98. The molecule has 1 N–H and O–H groups in total. The highest BCUT2D eigenvalue weighted by atomic mass is 32.2. The van der Waals surface area contributed by atoms with E-state index in [2.05, 4.69) is 5.32 Å². The van der Waals surface area contributed by atoms with E-state index in [0.29, 0.717) is 4.88 Å². The summed E-state index contributed by atoms with van der Waals surface area (Å²) >= 11 is 1.31. The van der Waals surface area contributed by atoms with E-state index in [-0.39, 0.29) is 38.6 Å². The highest BCUT2D eigenvalue weighted by molar-refractivity contribution is 7.88. The van der Waals surface area contributed by atoms with Gasteiger partial charge in [-0.15, -0.1) is 11.3 Å². The molecular weight excluding hydrogens is 382 g/mol. The molecule has 0 aromatic carbocycles. The van der Waals surface area contributed by atoms with E-state index in [0.717, 1.165) is 11.1 Å². The zero-order valence-electron chi connectivity index (χ0n) is 14.6. The molecule has 0 saturated carbocycles. The van der Waals surface area contributed by atoms with Gasteiger partial charge in [-0.25, -0.2) is 8.42 Å². The van der Waals surface area contributed by atoms with E-state index in [1.807, 2.05) is 6.92 Å². The van der Waals surface area contributed by atoms with Crippen LogP contribution in [0.2, 0.25) is 0 Å². The molecular formula is C15H21N3O6S2. The lowest BCUT2D eigenvalue weighted by Crippen LogP contribution is -2.51. The summed E-state index contributed by atoms with van der Waals surface area (Å²) in [6.07, 6.45) is 1.12. The maximum atomic E-state index is 12.0. The van der Waals surface area contributed by atoms with Crippen molar-refractivity contribution in [3.05, 3.63) is 21.9 Å². The summed E-state index contributed by atoms with van der Waals surface area (Å²) < 4.78 is 29.0. The number of sulfonamides is 1. The molecule has 1 aliphatic heterocycles. The minimum absolute atomic E-state index is 0.217. The molecule has 2 heterocycles. The minimum atomic E-state index is -3.27. The van der Waals surface area contributed by atoms with Crippen LogP contribution in [0.3, 0.4) is 0 Å². The SMILES string of the molecule is Cc1ccc(C(=O)NCC(=O)OCC(=O)N2CCN(S(C)(=O)=O)CC2)s1. The second-order valence-corrected chi connectivity index (χ2v) is 9.07. The average molecular weight is 403 g/mol. The van der Waals surface area contributed by atoms with Crippen LogP contribution in [-0.4, -0.2) is 81.0 Å². The predicted molar refractivity (Wildman–Crippen MR) is 95.3 cm³/mol. The van der Waals surface area contributed by atoms with Gasteiger partial charge in [0.25, 0.3) is 11.8 Å². The number of carbonyl (C=O) groups excluding carboxylic acids is 3. The number of rotatable bonds is 6. The molecule has 26 heavy (non-hydrogen) atoms. The summed E-state index contributed by atoms with van der Waals surface area (Å²) in [5.41, 5.74) is 0. The van der Waals surface area contributed by atoms with E-state index >= 15 is 0 Å². The Balaban J connectivity index is 1.69. The first-order chi connectivity index (χ1) is 12.2. The molecule has 0 atom stereocenters. The fourth-order valence-electron chi connectivity index (χ4n) is 2.35. The minimum Gasteiger partial charge on any atom is -0.454 e. The Kier molecular flexibility index (Phi) is 6.73. The Labute approximate surface area is 156 Å². The molecule has 0 unspecified atom stereocenters. The lowest BCUT2D eigenvalue weighted by molar-refractivity contribution is -0.151. The number of nitrogens with zero attached hydrogens (tertiary/aromatic N) is 2. The molecule has 1 fully saturated rings. The maximum Gasteiger partial charge on any atom is 0.325 e. The van der Waals surface area contributed by atoms with Crippen molar-refractivity contribution < 1.29 is 27.5 Å². The average Bonchev–Trinajstić information content (AvgIpc) is 3.03. The molecule has 0 bridgehead atoms. The zero-order chi connectivity index (χ0) is 19.3. The molecule has 2 rings (SSSR count). The van der Waals surface area contributed by atoms with Gasteiger partial charge in [0.05, 0.1) is 11.1 Å². The van der Waals surface area contributed by atoms with Crippen LogP contribution >= 0.6 is 11.3 Å². The fraction of sp³-hybridized carbons (Fsp3) is 0.533. The number of piperazine rings is 1. The number of ether oxygens (including phenoxy) is 1. The highest BCUT2D eigenvalue weighted by Crippen LogP contribution is 2.14. The van der Waals surface area contributed by atoms with Crippen molar-refractivity contribution in [1.82, 2.24) is 14.5 Å². The molecule has 11 heteroatoms. The number of carbonyl (C=O) groups is 3. The van der Waals surface area contributed by atoms with Crippen LogP contribution in [0, 0.1) is 6.92 Å². The molecule has 1 aromatic rings. The molecule has 0 aliphatic carbocycles. The van der Waals surface area contributed by atoms with Crippen LogP contribution in [0.25, 0.3) is 0 Å². The smallest absolute Gasteiger partial charge is 0.325 e. The first-order valence-corrected chi connectivity index (χ1v) is 10.6. The van der Waals surface area contributed by atoms with E-state index < -0.39 is 28.5 Å². The van der Waals surface area contributed by atoms with Gasteiger partial charge in [0.15, 0.2) is 6.61 Å². The predicted octanol–water partition coefficient (Wildman–Crippen LogP) is -0.567. The van der Waals surface area contributed by atoms with Crippen molar-refractivity contribution in [3.8, 4) is 0 Å². The molecule has 0 radical (unpaired) electrons. The van der Waals surface area contributed by atoms with Gasteiger partial charge in [-0.05, 0) is 19.1 Å². The lowest BCUT2D eigenvalue weighted by atomic mass is 10.3. The van der Waals surface area contributed by atoms with Crippen molar-refractivity contribution in [1.29, 1.82) is 0 Å². The van der Waals surface area contributed by atoms with E-state index in [1.165, 1.54) is 20.5 Å². The maximum absolute atomic E-state index is 12.0. The molecule has 0 spiro atoms. The largest absolute Gasteiger partial charge is 0.454 e. The standard InChI is InChI=1S/C15H21N3O6S2/c1-11-3-4-12(25-11)15(21)16-9-14(20)24-10-13(19)17-5-7-18(8-6-17)26(2,22)23/h3-4H,5-10H2,1-2H3,(H,16,21). The van der Waals surface area contributed by atoms with Gasteiger partial charge >= 0.3 is 5.97 Å². The van der Waals surface area contributed by atoms with Crippen LogP contribution in [0.5, 0.6) is 0 Å². The van der Waals surface area contributed by atoms with Gasteiger partial charge in [0.1, 0.15) is 6.54 Å². The summed E-state index contributed by atoms with van der Waals surface area (Å²) in [7, 11) is -3.27. The summed E-state index contributed by atoms with van der Waals surface area (Å²) in [5, 5.41) is 2.44. The fourth-order valence-corrected chi connectivity index (χ4v) is 3.96. The van der Waals surface area contributed by atoms with Crippen LogP contribution in [0.4, 0.5) is 0 Å². The van der Waals surface area contributed by atoms with Crippen LogP contribution in [0.1, 0.15) is 14.5 Å². The van der Waals surface area contributed by atoms with Gasteiger partial charge in [0, 0.05) is 31.1 Å². The van der Waals surface area contributed by atoms with E-state index in [9.17, 15) is 22.8 Å². The van der Waals surface area contributed by atoms with Crippen molar-refractivity contribution in [3.63, 3.8) is 0 Å². The Morgan fingerprint density at radius 3 is 2.38 bits per heavy atom. The van der Waals surface area contributed by atoms with Gasteiger partial charge in [-0.3, -0.25) is 14.4 Å². The van der Waals surface area contributed by atoms with Crippen molar-refractivity contribution in [2.75, 3.05) is 45.6 Å². The third-order valence-corrected chi connectivity index (χ3v) is 6.08. The Morgan fingerprint density at radius 2 is 1.85 bits per heavy atom. The molecule has 1 aromatic heterocycles. The number of hydrogen-bond acceptors (Lipinski definition) is 7. The molecule has 9 nitrogen and oxygen atoms in total. The van der Waals surface area contributed by atoms with Crippen molar-refractivity contribution in [2.24, 2.45) is 0 Å². The number of thiophene rings is 1. The molecule has 1 saturated heterocycles. The van der Waals surface area contributed by atoms with E-state index in [4.69, 9.17) is 4.74 Å². The zero-order valence-corrected chi connectivity index (χ0v) is 16.2. The summed E-state index contributed by atoms with van der Waals surface area (Å²) in [6, 6.07) is 3.47. The van der Waals surface area contributed by atoms with Crippen molar-refractivity contribution in [2.45, 2.75) is 6.92 Å². The number of aryl methyl sites for hydroxylation is 1. The third-order valence-electron chi connectivity index (χ3n) is 3.77. The lowest BCUT2D eigenvalue weighted by Gasteiger charge is -2.33. The second-order valence-electron chi connectivity index (χ2n) is 5.80. The quantitative estimate of drug-likeness (QED) is 0.637. The number of amides is 2. The Bertz CT molecular complexity index is 781. The summed E-state index contributed by atoms with van der Waals surface area (Å²) in [5.74, 6) is -1.48. The molecule has 144 valence electrons. The van der Waals surface area contributed by atoms with Crippen LogP contribution in [0.15, 0.2) is 12.1 Å². The Morgan fingerprint density at radius 1 is 1.19 bits per heavy atom. The number of esters is 1. The number of nitrogens with one attached hydrogen (secondary N) is 1.